The number of benzene rings is 1. The van der Waals surface area contributed by atoms with E-state index in [1.807, 2.05) is 18.2 Å². The number of hydrogen-bond donors (Lipinski definition) is 1. The van der Waals surface area contributed by atoms with Crippen molar-refractivity contribution in [3.63, 3.8) is 0 Å². The Morgan fingerprint density at radius 3 is 2.56 bits per heavy atom. The van der Waals surface area contributed by atoms with Gasteiger partial charge in [-0.15, -0.1) is 0 Å². The maximum Gasteiger partial charge on any atom is 0.325 e. The van der Waals surface area contributed by atoms with Gasteiger partial charge in [-0.25, -0.2) is 4.79 Å². The molecule has 0 unspecified atom stereocenters. The van der Waals surface area contributed by atoms with Gasteiger partial charge < -0.3 is 10.2 Å². The second-order valence-electron chi connectivity index (χ2n) is 6.14. The van der Waals surface area contributed by atoms with Crippen molar-refractivity contribution in [1.29, 1.82) is 0 Å². The number of nitrogens with one attached hydrogen (secondary N) is 1. The number of para-hydroxylation sites is 1. The van der Waals surface area contributed by atoms with Gasteiger partial charge in [-0.3, -0.25) is 19.2 Å². The molecule has 0 saturated carbocycles. The molecule has 2 heterocycles. The number of imide groups is 1. The van der Waals surface area contributed by atoms with Gasteiger partial charge in [-0.05, 0) is 19.1 Å². The van der Waals surface area contributed by atoms with Crippen molar-refractivity contribution in [2.45, 2.75) is 12.5 Å². The summed E-state index contributed by atoms with van der Waals surface area (Å²) in [7, 11) is 3.33. The lowest BCUT2D eigenvalue weighted by Crippen LogP contribution is -2.43. The molecule has 130 valence electrons. The Morgan fingerprint density at radius 1 is 1.28 bits per heavy atom. The summed E-state index contributed by atoms with van der Waals surface area (Å²) in [5, 5.41) is 6.70. The number of carbonyl (C=O) groups excluding carboxylic acids is 3. The van der Waals surface area contributed by atoms with Gasteiger partial charge in [0, 0.05) is 31.5 Å². The van der Waals surface area contributed by atoms with Gasteiger partial charge in [0.05, 0.1) is 6.20 Å². The first-order valence-corrected chi connectivity index (χ1v) is 7.78. The predicted molar refractivity (Wildman–Crippen MR) is 90.7 cm³/mol. The molecule has 1 aliphatic heterocycles. The fourth-order valence-electron chi connectivity index (χ4n) is 2.75. The van der Waals surface area contributed by atoms with Crippen LogP contribution in [0.1, 0.15) is 12.5 Å². The zero-order valence-corrected chi connectivity index (χ0v) is 14.3. The highest BCUT2D eigenvalue weighted by molar-refractivity contribution is 6.10. The summed E-state index contributed by atoms with van der Waals surface area (Å²) in [5.74, 6) is -0.828. The van der Waals surface area contributed by atoms with Crippen LogP contribution in [0.4, 0.5) is 10.5 Å². The van der Waals surface area contributed by atoms with E-state index in [-0.39, 0.29) is 12.5 Å². The molecule has 1 aliphatic rings. The zero-order valence-electron chi connectivity index (χ0n) is 14.3. The highest BCUT2D eigenvalue weighted by Crippen LogP contribution is 2.28. The van der Waals surface area contributed by atoms with Crippen LogP contribution in [-0.2, 0) is 22.2 Å². The van der Waals surface area contributed by atoms with Gasteiger partial charge in [0.25, 0.3) is 5.91 Å². The fraction of sp³-hybridized carbons (Fsp3) is 0.294. The van der Waals surface area contributed by atoms with Gasteiger partial charge in [-0.2, -0.15) is 5.10 Å². The van der Waals surface area contributed by atoms with E-state index < -0.39 is 17.5 Å². The molecule has 1 aromatic carbocycles. The molecule has 25 heavy (non-hydrogen) atoms. The molecule has 1 aromatic heterocycles. The molecule has 2 aromatic rings. The van der Waals surface area contributed by atoms with Crippen molar-refractivity contribution in [2.24, 2.45) is 7.05 Å². The normalized spacial score (nSPS) is 19.9. The van der Waals surface area contributed by atoms with Crippen LogP contribution in [0.25, 0.3) is 0 Å². The van der Waals surface area contributed by atoms with E-state index in [2.05, 4.69) is 10.4 Å². The number of hydrogen-bond acceptors (Lipinski definition) is 4. The predicted octanol–water partition coefficient (Wildman–Crippen LogP) is 0.850. The summed E-state index contributed by atoms with van der Waals surface area (Å²) < 4.78 is 1.55. The Morgan fingerprint density at radius 2 is 1.96 bits per heavy atom. The fourth-order valence-corrected chi connectivity index (χ4v) is 2.75. The molecular weight excluding hydrogens is 322 g/mol. The van der Waals surface area contributed by atoms with Gasteiger partial charge >= 0.3 is 6.03 Å². The quantitative estimate of drug-likeness (QED) is 0.835. The molecule has 0 spiro atoms. The molecule has 8 heteroatoms. The topological polar surface area (TPSA) is 87.5 Å². The van der Waals surface area contributed by atoms with Gasteiger partial charge in [0.2, 0.25) is 5.91 Å². The average Bonchev–Trinajstić information content (AvgIpc) is 3.13. The largest absolute Gasteiger partial charge is 0.325 e. The summed E-state index contributed by atoms with van der Waals surface area (Å²) in [4.78, 5) is 39.9. The number of aromatic nitrogens is 2. The SMILES string of the molecule is CN(C(=O)CN1C(=O)N[C@](C)(c2cnn(C)c2)C1=O)c1ccccc1. The molecule has 0 radical (unpaired) electrons. The van der Waals surface area contributed by atoms with E-state index in [0.29, 0.717) is 11.3 Å². The third-order valence-corrected chi connectivity index (χ3v) is 4.37. The lowest BCUT2D eigenvalue weighted by atomic mass is 9.95. The van der Waals surface area contributed by atoms with E-state index in [1.54, 1.807) is 44.0 Å². The summed E-state index contributed by atoms with van der Waals surface area (Å²) in [6, 6.07) is 8.44. The number of likely N-dealkylation sites (N-methyl/N-ethyl adjacent to an activating group) is 1. The standard InChI is InChI=1S/C17H19N5O3/c1-17(12-9-18-20(2)10-12)15(24)22(16(25)19-17)11-14(23)21(3)13-7-5-4-6-8-13/h4-10H,11H2,1-3H3,(H,19,25)/t17-/m1/s1. The van der Waals surface area contributed by atoms with E-state index in [9.17, 15) is 14.4 Å². The lowest BCUT2D eigenvalue weighted by Gasteiger charge is -2.22. The van der Waals surface area contributed by atoms with Crippen molar-refractivity contribution < 1.29 is 14.4 Å². The van der Waals surface area contributed by atoms with Crippen LogP contribution in [0.5, 0.6) is 0 Å². The number of rotatable bonds is 4. The molecule has 4 amide bonds. The smallest absolute Gasteiger partial charge is 0.319 e. The maximum absolute atomic E-state index is 12.8. The second-order valence-corrected chi connectivity index (χ2v) is 6.14. The van der Waals surface area contributed by atoms with Gasteiger partial charge in [0.15, 0.2) is 0 Å². The minimum Gasteiger partial charge on any atom is -0.319 e. The first kappa shape index (κ1) is 16.7. The Kier molecular flexibility index (Phi) is 4.03. The highest BCUT2D eigenvalue weighted by Gasteiger charge is 2.50. The maximum atomic E-state index is 12.8. The summed E-state index contributed by atoms with van der Waals surface area (Å²) >= 11 is 0. The minimum atomic E-state index is -1.23. The zero-order chi connectivity index (χ0) is 18.2. The summed E-state index contributed by atoms with van der Waals surface area (Å²) in [5.41, 5.74) is 0.0333. The van der Waals surface area contributed by atoms with Crippen LogP contribution < -0.4 is 10.2 Å². The van der Waals surface area contributed by atoms with Gasteiger partial charge in [0.1, 0.15) is 12.1 Å². The van der Waals surface area contributed by atoms with Crippen LogP contribution in [0.3, 0.4) is 0 Å². The van der Waals surface area contributed by atoms with Crippen molar-refractivity contribution in [3.05, 3.63) is 48.3 Å². The molecule has 1 N–H and O–H groups in total. The van der Waals surface area contributed by atoms with Crippen molar-refractivity contribution in [1.82, 2.24) is 20.0 Å². The van der Waals surface area contributed by atoms with E-state index in [4.69, 9.17) is 0 Å². The molecule has 1 atom stereocenters. The average molecular weight is 341 g/mol. The molecule has 1 saturated heterocycles. The first-order chi connectivity index (χ1) is 11.8. The molecule has 1 fully saturated rings. The van der Waals surface area contributed by atoms with Gasteiger partial charge in [-0.1, -0.05) is 18.2 Å². The van der Waals surface area contributed by atoms with E-state index in [1.165, 1.54) is 11.1 Å². The third kappa shape index (κ3) is 2.86. The molecule has 0 aliphatic carbocycles. The Labute approximate surface area is 145 Å². The van der Waals surface area contributed by atoms with Crippen LogP contribution in [0.2, 0.25) is 0 Å². The highest BCUT2D eigenvalue weighted by atomic mass is 16.2. The lowest BCUT2D eigenvalue weighted by molar-refractivity contribution is -0.134. The second kappa shape index (κ2) is 6.04. The van der Waals surface area contributed by atoms with Crippen LogP contribution >= 0.6 is 0 Å². The minimum absolute atomic E-state index is 0.327. The van der Waals surface area contributed by atoms with Crippen LogP contribution in [0, 0.1) is 0 Å². The van der Waals surface area contributed by atoms with Crippen molar-refractivity contribution in [2.75, 3.05) is 18.5 Å². The Bertz CT molecular complexity index is 832. The number of urea groups is 1. The van der Waals surface area contributed by atoms with Crippen molar-refractivity contribution >= 4 is 23.5 Å². The monoisotopic (exact) mass is 341 g/mol. The Hall–Kier alpha value is -3.16. The van der Waals surface area contributed by atoms with Crippen molar-refractivity contribution in [3.8, 4) is 0 Å². The molecule has 3 rings (SSSR count). The Balaban J connectivity index is 1.78. The summed E-state index contributed by atoms with van der Waals surface area (Å²) in [6.07, 6.45) is 3.19. The molecular formula is C17H19N5O3. The molecule has 8 nitrogen and oxygen atoms in total. The van der Waals surface area contributed by atoms with E-state index in [0.717, 1.165) is 4.90 Å². The number of carbonyl (C=O) groups is 3. The molecule has 0 bridgehead atoms. The van der Waals surface area contributed by atoms with Crippen LogP contribution in [0.15, 0.2) is 42.7 Å². The number of amides is 4. The summed E-state index contributed by atoms with van der Waals surface area (Å²) in [6.45, 7) is 1.28. The number of nitrogens with zero attached hydrogens (tertiary/aromatic N) is 4. The third-order valence-electron chi connectivity index (χ3n) is 4.37. The number of anilines is 1. The first-order valence-electron chi connectivity index (χ1n) is 7.78. The van der Waals surface area contributed by atoms with E-state index >= 15 is 0 Å². The number of aryl methyl sites for hydroxylation is 1. The van der Waals surface area contributed by atoms with Crippen LogP contribution in [-0.4, -0.2) is 46.1 Å².